The quantitative estimate of drug-likeness (QED) is 0.258. The van der Waals surface area contributed by atoms with E-state index in [-0.39, 0.29) is 12.3 Å². The van der Waals surface area contributed by atoms with Gasteiger partial charge < -0.3 is 4.65 Å². The summed E-state index contributed by atoms with van der Waals surface area (Å²) in [6.07, 6.45) is 0. The number of hydrogen-bond acceptors (Lipinski definition) is 0. The van der Waals surface area contributed by atoms with E-state index < -0.39 is 16.5 Å². The van der Waals surface area contributed by atoms with Crippen LogP contribution in [0.3, 0.4) is 0 Å². The third kappa shape index (κ3) is 36.2. The van der Waals surface area contributed by atoms with Gasteiger partial charge >= 0.3 is 64.9 Å². The molecule has 90 valence electrons. The van der Waals surface area contributed by atoms with Gasteiger partial charge in [0.25, 0.3) is 0 Å². The molecule has 0 rings (SSSR count). The van der Waals surface area contributed by atoms with Crippen LogP contribution in [-0.2, 0) is 4.92 Å². The molecule has 0 aromatic rings. The normalized spacial score (nSPS) is 11.6. The van der Waals surface area contributed by atoms with Crippen molar-refractivity contribution < 1.29 is 4.92 Å². The average molecular weight is 608 g/mol. The monoisotopic (exact) mass is 608 g/mol. The fraction of sp³-hybridized carbons (Fsp3) is 1.00. The van der Waals surface area contributed by atoms with E-state index in [9.17, 15) is 0 Å². The van der Waals surface area contributed by atoms with Crippen molar-refractivity contribution in [2.45, 2.75) is 46.7 Å². The van der Waals surface area contributed by atoms with Gasteiger partial charge in [0.2, 0.25) is 0 Å². The van der Waals surface area contributed by atoms with Gasteiger partial charge in [-0.25, -0.2) is 0 Å². The molecule has 0 aliphatic rings. The number of halogens is 3. The predicted molar refractivity (Wildman–Crippen MR) is 98.8 cm³/mol. The number of hydrogen-bond donors (Lipinski definition) is 0. The molecule has 0 amide bonds. The summed E-state index contributed by atoms with van der Waals surface area (Å²) in [6, 6.07) is 0. The van der Waals surface area contributed by atoms with E-state index >= 15 is 0 Å². The standard InChI is InChI=1S/C6H18NSi2.CH4.3HI.V/c1-8(2,3)7-9(4,5)6;;;;;/h1-6H3;1H4;3*1H;/q-1;;;;;+3/p-3. The van der Waals surface area contributed by atoms with Gasteiger partial charge in [-0.3, -0.25) is 0 Å². The summed E-state index contributed by atoms with van der Waals surface area (Å²) in [5, 5.41) is 0. The average Bonchev–Trinajstić information content (AvgIpc) is 1.47. The van der Waals surface area contributed by atoms with Crippen LogP contribution in [0.5, 0.6) is 0 Å². The van der Waals surface area contributed by atoms with Gasteiger partial charge in [0.05, 0.1) is 0 Å². The van der Waals surface area contributed by atoms with Crippen LogP contribution in [0, 0.1) is 0 Å². The number of rotatable bonds is 2. The summed E-state index contributed by atoms with van der Waals surface area (Å²) in [7, 11) is -2.21. The molecule has 0 heterocycles. The van der Waals surface area contributed by atoms with Crippen molar-refractivity contribution in [3.63, 3.8) is 0 Å². The van der Waals surface area contributed by atoms with Crippen LogP contribution in [0.15, 0.2) is 0 Å². The van der Waals surface area contributed by atoms with Crippen LogP contribution in [0.1, 0.15) is 7.43 Å². The van der Waals surface area contributed by atoms with E-state index in [0.717, 1.165) is 0 Å². The summed E-state index contributed by atoms with van der Waals surface area (Å²) in [5.74, 6) is 0. The molecule has 0 aliphatic heterocycles. The van der Waals surface area contributed by atoms with Crippen LogP contribution in [-0.4, -0.2) is 16.5 Å². The molecule has 0 radical (unpaired) electrons. The van der Waals surface area contributed by atoms with Gasteiger partial charge in [0.1, 0.15) is 0 Å². The van der Waals surface area contributed by atoms with Crippen LogP contribution >= 0.6 is 59.9 Å². The minimum absolute atomic E-state index is 0. The zero-order valence-corrected chi connectivity index (χ0v) is 18.9. The Balaban J connectivity index is -0.000000209. The summed E-state index contributed by atoms with van der Waals surface area (Å²) in [5.41, 5.74) is 0. The van der Waals surface area contributed by atoms with Crippen molar-refractivity contribution >= 4 is 76.4 Å². The molecule has 7 heteroatoms. The van der Waals surface area contributed by atoms with Gasteiger partial charge in [0, 0.05) is 0 Å². The van der Waals surface area contributed by atoms with Crippen LogP contribution in [0.2, 0.25) is 39.3 Å². The minimum atomic E-state index is -1.11. The van der Waals surface area contributed by atoms with Crippen molar-refractivity contribution in [2.24, 2.45) is 0 Å². The Morgan fingerprint density at radius 1 is 0.786 bits per heavy atom. The van der Waals surface area contributed by atoms with Crippen molar-refractivity contribution in [3.8, 4) is 0 Å². The summed E-state index contributed by atoms with van der Waals surface area (Å²) >= 11 is 7.39. The van der Waals surface area contributed by atoms with Crippen molar-refractivity contribution in [2.75, 3.05) is 0 Å². The first kappa shape index (κ1) is 22.4. The Labute approximate surface area is 130 Å². The molecule has 1 nitrogen and oxygen atoms in total. The molecule has 0 saturated heterocycles. The molecule has 0 unspecified atom stereocenters. The first-order valence-corrected chi connectivity index (χ1v) is 24.4. The predicted octanol–water partition coefficient (Wildman–Crippen LogP) is 6.32. The Hall–Kier alpha value is 3.17. The Kier molecular flexibility index (Phi) is 16.2. The second-order valence-corrected chi connectivity index (χ2v) is 49.6. The topological polar surface area (TPSA) is 14.1 Å². The third-order valence-corrected chi connectivity index (χ3v) is 6.04. The van der Waals surface area contributed by atoms with Gasteiger partial charge in [-0.05, 0) is 0 Å². The zero-order chi connectivity index (χ0) is 11.3. The summed E-state index contributed by atoms with van der Waals surface area (Å²) in [6.45, 7) is 13.8. The van der Waals surface area contributed by atoms with Crippen molar-refractivity contribution in [3.05, 3.63) is 4.65 Å². The van der Waals surface area contributed by atoms with Crippen LogP contribution in [0.25, 0.3) is 4.65 Å². The van der Waals surface area contributed by atoms with E-state index in [2.05, 4.69) is 99.2 Å². The van der Waals surface area contributed by atoms with Gasteiger partial charge in [-0.2, -0.15) is 0 Å². The second kappa shape index (κ2) is 10.1. The molecule has 0 fully saturated rings. The van der Waals surface area contributed by atoms with Crippen molar-refractivity contribution in [1.29, 1.82) is 0 Å². The van der Waals surface area contributed by atoms with E-state index in [4.69, 9.17) is 4.65 Å². The molecule has 0 atom stereocenters. The molecule has 0 aromatic heterocycles. The summed E-state index contributed by atoms with van der Waals surface area (Å²) in [4.78, 5) is -0.278. The van der Waals surface area contributed by atoms with E-state index in [1.54, 1.807) is 0 Å². The van der Waals surface area contributed by atoms with E-state index in [0.29, 0.717) is 0 Å². The molecular weight excluding hydrogens is 586 g/mol. The first-order chi connectivity index (χ1) is 5.44. The van der Waals surface area contributed by atoms with E-state index in [1.807, 2.05) is 0 Å². The Bertz CT molecular complexity index is 119. The van der Waals surface area contributed by atoms with Gasteiger partial charge in [0.15, 0.2) is 0 Å². The number of nitrogens with zero attached hydrogens (tertiary/aromatic N) is 1. The van der Waals surface area contributed by atoms with Gasteiger partial charge in [-0.15, -0.1) is 0 Å². The zero-order valence-electron chi connectivity index (χ0n) is 9.03. The summed E-state index contributed by atoms with van der Waals surface area (Å²) < 4.78 is 4.82. The van der Waals surface area contributed by atoms with Crippen molar-refractivity contribution in [1.82, 2.24) is 0 Å². The fourth-order valence-electron chi connectivity index (χ4n) is 1.01. The van der Waals surface area contributed by atoms with Crippen LogP contribution < -0.4 is 0 Å². The fourth-order valence-corrected chi connectivity index (χ4v) is 9.06. The van der Waals surface area contributed by atoms with Crippen LogP contribution in [0.4, 0.5) is 0 Å². The maximum atomic E-state index is 4.82. The maximum absolute atomic E-state index is 4.82. The SMILES string of the molecule is C.C[Si](C)(C)[N-][Si](C)(C)C.[I][V]([I])[I]. The second-order valence-electron chi connectivity index (χ2n) is 4.65. The molecule has 0 aromatic carbocycles. The Morgan fingerprint density at radius 2 is 0.929 bits per heavy atom. The molecule has 0 spiro atoms. The molecule has 14 heavy (non-hydrogen) atoms. The molecule has 0 N–H and O–H groups in total. The van der Waals surface area contributed by atoms with Gasteiger partial charge in [-0.1, -0.05) is 63.2 Å². The molecule has 0 aliphatic carbocycles. The molecular formula is C7H22I3NSi2V-. The molecule has 0 bridgehead atoms. The third-order valence-electron chi connectivity index (χ3n) is 0.671. The Morgan fingerprint density at radius 3 is 0.929 bits per heavy atom. The van der Waals surface area contributed by atoms with E-state index in [1.165, 1.54) is 0 Å². The molecule has 0 saturated carbocycles. The first-order valence-electron chi connectivity index (χ1n) is 3.95.